The van der Waals surface area contributed by atoms with Gasteiger partial charge in [0.05, 0.1) is 17.1 Å². The maximum absolute atomic E-state index is 12.3. The van der Waals surface area contributed by atoms with Crippen LogP contribution in [0.15, 0.2) is 72.8 Å². The zero-order chi connectivity index (χ0) is 22.8. The van der Waals surface area contributed by atoms with Crippen LogP contribution < -0.4 is 15.0 Å². The van der Waals surface area contributed by atoms with Crippen molar-refractivity contribution in [1.82, 2.24) is 15.3 Å². The lowest BCUT2D eigenvalue weighted by Crippen LogP contribution is -2.39. The van der Waals surface area contributed by atoms with E-state index in [0.29, 0.717) is 23.7 Å². The predicted molar refractivity (Wildman–Crippen MR) is 132 cm³/mol. The molecule has 0 radical (unpaired) electrons. The molecule has 2 heterocycles. The van der Waals surface area contributed by atoms with Crippen LogP contribution in [0.4, 0.5) is 10.6 Å². The number of nitrogens with zero attached hydrogens (tertiary/aromatic N) is 3. The smallest absolute Gasteiger partial charge is 0.412 e. The summed E-state index contributed by atoms with van der Waals surface area (Å²) in [4.78, 5) is 24.0. The summed E-state index contributed by atoms with van der Waals surface area (Å²) in [5, 5.41) is 14.2. The maximum atomic E-state index is 12.3. The second-order valence-corrected chi connectivity index (χ2v) is 8.19. The van der Waals surface area contributed by atoms with Gasteiger partial charge in [-0.05, 0) is 55.3 Å². The Morgan fingerprint density at radius 3 is 2.70 bits per heavy atom. The minimum atomic E-state index is -0.467. The average Bonchev–Trinajstić information content (AvgIpc) is 3.27. The minimum Gasteiger partial charge on any atom is -0.507 e. The van der Waals surface area contributed by atoms with E-state index in [-0.39, 0.29) is 14.6 Å². The fourth-order valence-electron chi connectivity index (χ4n) is 4.11. The number of fused-ring (bicyclic) bond motifs is 1. The standard InChI is InChI=1S/C26H24N4O3.2H2/c1-17-11-12-20-22(15-17)28-24(21-9-5-6-10-23(21)31)29-25(20)30-14-13-18(16-30)27-26(32)33-19-7-3-2-4-8-19;;/h2-12,15,18,31H,13-14,16H2,1H3,(H,27,32);2*1H/t18-;;/m1../s1. The van der Waals surface area contributed by atoms with Gasteiger partial charge in [-0.2, -0.15) is 0 Å². The Morgan fingerprint density at radius 2 is 1.88 bits per heavy atom. The number of benzene rings is 3. The zero-order valence-corrected chi connectivity index (χ0v) is 18.2. The Hall–Kier alpha value is -4.13. The molecule has 0 bridgehead atoms. The molecule has 1 aromatic heterocycles. The number of hydrogen-bond donors (Lipinski definition) is 2. The molecule has 4 aromatic rings. The molecule has 0 unspecified atom stereocenters. The SMILES string of the molecule is Cc1ccc2c(N3CC[C@@H](NC(=O)Oc4ccccc4)C3)nc(-c3ccccc3O)nc2c1.[HH].[HH]. The zero-order valence-electron chi connectivity index (χ0n) is 18.2. The van der Waals surface area contributed by atoms with Gasteiger partial charge in [0.25, 0.3) is 0 Å². The highest BCUT2D eigenvalue weighted by atomic mass is 16.6. The van der Waals surface area contributed by atoms with Crippen LogP contribution in [-0.2, 0) is 0 Å². The summed E-state index contributed by atoms with van der Waals surface area (Å²) in [6, 6.07) is 22.1. The first-order chi connectivity index (χ1) is 16.1. The Morgan fingerprint density at radius 1 is 1.09 bits per heavy atom. The van der Waals surface area contributed by atoms with Gasteiger partial charge in [-0.15, -0.1) is 0 Å². The largest absolute Gasteiger partial charge is 0.507 e. The highest BCUT2D eigenvalue weighted by Crippen LogP contribution is 2.33. The van der Waals surface area contributed by atoms with Crippen LogP contribution in [0, 0.1) is 6.92 Å². The van der Waals surface area contributed by atoms with Gasteiger partial charge in [0.1, 0.15) is 17.3 Å². The number of rotatable bonds is 4. The summed E-state index contributed by atoms with van der Waals surface area (Å²) < 4.78 is 5.37. The molecule has 0 aliphatic carbocycles. The van der Waals surface area contributed by atoms with Crippen LogP contribution in [-0.4, -0.2) is 40.3 Å². The second kappa shape index (κ2) is 8.78. The van der Waals surface area contributed by atoms with Crippen LogP contribution in [0.25, 0.3) is 22.3 Å². The predicted octanol–water partition coefficient (Wildman–Crippen LogP) is 5.17. The molecule has 1 fully saturated rings. The van der Waals surface area contributed by atoms with Crippen molar-refractivity contribution in [2.75, 3.05) is 18.0 Å². The highest BCUT2D eigenvalue weighted by Gasteiger charge is 2.27. The number of anilines is 1. The molecule has 0 spiro atoms. The van der Waals surface area contributed by atoms with E-state index >= 15 is 0 Å². The number of ether oxygens (including phenoxy) is 1. The molecule has 1 amide bonds. The first-order valence-electron chi connectivity index (χ1n) is 10.9. The number of amides is 1. The summed E-state index contributed by atoms with van der Waals surface area (Å²) in [5.74, 6) is 1.91. The minimum absolute atomic E-state index is 0. The van der Waals surface area contributed by atoms with E-state index in [1.807, 2.05) is 55.5 Å². The third-order valence-corrected chi connectivity index (χ3v) is 5.74. The van der Waals surface area contributed by atoms with Gasteiger partial charge in [0.2, 0.25) is 0 Å². The van der Waals surface area contributed by atoms with Crippen LogP contribution in [0.1, 0.15) is 14.8 Å². The lowest BCUT2D eigenvalue weighted by molar-refractivity contribution is 0.197. The number of phenolic OH excluding ortho intramolecular Hbond substituents is 1. The molecule has 1 saturated heterocycles. The lowest BCUT2D eigenvalue weighted by atomic mass is 10.1. The number of aromatic hydroxyl groups is 1. The number of phenols is 1. The van der Waals surface area contributed by atoms with Gasteiger partial charge in [-0.3, -0.25) is 0 Å². The molecule has 1 aliphatic rings. The van der Waals surface area contributed by atoms with Crippen molar-refractivity contribution in [3.63, 3.8) is 0 Å². The molecule has 2 N–H and O–H groups in total. The molecule has 7 heteroatoms. The molecule has 5 rings (SSSR count). The second-order valence-electron chi connectivity index (χ2n) is 8.19. The van der Waals surface area contributed by atoms with E-state index in [1.165, 1.54) is 0 Å². The number of carbonyl (C=O) groups is 1. The number of para-hydroxylation sites is 2. The summed E-state index contributed by atoms with van der Waals surface area (Å²) in [6.45, 7) is 3.36. The molecular weight excluding hydrogens is 416 g/mol. The summed E-state index contributed by atoms with van der Waals surface area (Å²) in [5.41, 5.74) is 2.50. The van der Waals surface area contributed by atoms with Crippen molar-refractivity contribution >= 4 is 22.8 Å². The summed E-state index contributed by atoms with van der Waals surface area (Å²) in [6.07, 6.45) is 0.304. The first-order valence-corrected chi connectivity index (χ1v) is 10.9. The third kappa shape index (κ3) is 4.43. The number of aromatic nitrogens is 2. The number of aryl methyl sites for hydroxylation is 1. The van der Waals surface area contributed by atoms with E-state index in [9.17, 15) is 9.90 Å². The van der Waals surface area contributed by atoms with Crippen molar-refractivity contribution in [2.24, 2.45) is 0 Å². The van der Waals surface area contributed by atoms with Gasteiger partial charge in [0.15, 0.2) is 5.82 Å². The van der Waals surface area contributed by atoms with Crippen molar-refractivity contribution in [3.05, 3.63) is 78.4 Å². The molecule has 1 atom stereocenters. The van der Waals surface area contributed by atoms with Crippen LogP contribution in [0.5, 0.6) is 11.5 Å². The summed E-state index contributed by atoms with van der Waals surface area (Å²) >= 11 is 0. The third-order valence-electron chi connectivity index (χ3n) is 5.74. The topological polar surface area (TPSA) is 87.6 Å². The normalized spacial score (nSPS) is 15.5. The van der Waals surface area contributed by atoms with E-state index in [1.54, 1.807) is 24.3 Å². The molecule has 3 aromatic carbocycles. The molecule has 7 nitrogen and oxygen atoms in total. The van der Waals surface area contributed by atoms with E-state index in [0.717, 1.165) is 35.2 Å². The fraction of sp³-hybridized carbons (Fsp3) is 0.192. The van der Waals surface area contributed by atoms with Gasteiger partial charge < -0.3 is 20.1 Å². The Bertz CT molecular complexity index is 1320. The quantitative estimate of drug-likeness (QED) is 0.452. The molecule has 170 valence electrons. The first kappa shape index (κ1) is 20.8. The number of nitrogens with one attached hydrogen (secondary N) is 1. The maximum Gasteiger partial charge on any atom is 0.412 e. The molecule has 1 aliphatic heterocycles. The monoisotopic (exact) mass is 444 g/mol. The van der Waals surface area contributed by atoms with E-state index in [2.05, 4.69) is 10.2 Å². The van der Waals surface area contributed by atoms with Crippen LogP contribution in [0.3, 0.4) is 0 Å². The van der Waals surface area contributed by atoms with Gasteiger partial charge >= 0.3 is 6.09 Å². The summed E-state index contributed by atoms with van der Waals surface area (Å²) in [7, 11) is 0. The van der Waals surface area contributed by atoms with Crippen molar-refractivity contribution < 1.29 is 17.5 Å². The molecular formula is C26H28N4O3. The van der Waals surface area contributed by atoms with E-state index in [4.69, 9.17) is 14.7 Å². The highest BCUT2D eigenvalue weighted by molar-refractivity contribution is 5.92. The molecule has 0 saturated carbocycles. The number of hydrogen-bond acceptors (Lipinski definition) is 6. The van der Waals surface area contributed by atoms with Gasteiger partial charge in [-0.1, -0.05) is 36.4 Å². The van der Waals surface area contributed by atoms with Crippen molar-refractivity contribution in [2.45, 2.75) is 19.4 Å². The molecule has 33 heavy (non-hydrogen) atoms. The van der Waals surface area contributed by atoms with Gasteiger partial charge in [0, 0.05) is 21.3 Å². The Balaban J connectivity index is 0.00000171. The van der Waals surface area contributed by atoms with Crippen LogP contribution in [0.2, 0.25) is 0 Å². The lowest BCUT2D eigenvalue weighted by Gasteiger charge is -2.21. The van der Waals surface area contributed by atoms with Crippen molar-refractivity contribution in [3.8, 4) is 22.9 Å². The van der Waals surface area contributed by atoms with Gasteiger partial charge in [-0.25, -0.2) is 14.8 Å². The number of carbonyl (C=O) groups excluding carboxylic acids is 1. The van der Waals surface area contributed by atoms with E-state index < -0.39 is 6.09 Å². The fourth-order valence-corrected chi connectivity index (χ4v) is 4.11. The average molecular weight is 445 g/mol. The Labute approximate surface area is 194 Å². The van der Waals surface area contributed by atoms with Crippen molar-refractivity contribution in [1.29, 1.82) is 0 Å². The Kier molecular flexibility index (Phi) is 5.52. The van der Waals surface area contributed by atoms with Crippen LogP contribution >= 0.6 is 0 Å².